The fourth-order valence-corrected chi connectivity index (χ4v) is 4.64. The molecule has 3 N–H and O–H groups in total. The Hall–Kier alpha value is -3.46. The number of nitrogens with one attached hydrogen (secondary N) is 3. The zero-order valence-electron chi connectivity index (χ0n) is 19.9. The van der Waals surface area contributed by atoms with Gasteiger partial charge in [0, 0.05) is 31.0 Å². The smallest absolute Gasteiger partial charge is 0.255 e. The van der Waals surface area contributed by atoms with Crippen molar-refractivity contribution in [3.8, 4) is 17.0 Å². The van der Waals surface area contributed by atoms with Gasteiger partial charge < -0.3 is 25.1 Å². The lowest BCUT2D eigenvalue weighted by Crippen LogP contribution is -2.44. The number of carbonyl (C=O) groups is 2. The lowest BCUT2D eigenvalue weighted by atomic mass is 9.91. The molecule has 184 valence electrons. The highest BCUT2D eigenvalue weighted by molar-refractivity contribution is 6.07. The van der Waals surface area contributed by atoms with Crippen LogP contribution in [-0.2, 0) is 9.53 Å². The number of nitrogens with zero attached hydrogens (tertiary/aromatic N) is 2. The van der Waals surface area contributed by atoms with Gasteiger partial charge in [0.2, 0.25) is 5.91 Å². The average Bonchev–Trinajstić information content (AvgIpc) is 3.60. The van der Waals surface area contributed by atoms with E-state index in [0.717, 1.165) is 37.0 Å². The van der Waals surface area contributed by atoms with E-state index < -0.39 is 0 Å². The number of methoxy groups -OCH3 is 1. The van der Waals surface area contributed by atoms with Crippen molar-refractivity contribution in [2.45, 2.75) is 50.6 Å². The number of ether oxygens (including phenoxy) is 2. The molecule has 2 saturated carbocycles. The van der Waals surface area contributed by atoms with Gasteiger partial charge in [-0.3, -0.25) is 9.59 Å². The molecule has 2 amide bonds. The molecule has 0 unspecified atom stereocenters. The zero-order valence-corrected chi connectivity index (χ0v) is 19.9. The normalized spacial score (nSPS) is 19.9. The molecule has 2 aromatic heterocycles. The molecule has 1 aromatic carbocycles. The number of hydrogen-bond donors (Lipinski definition) is 3. The lowest BCUT2D eigenvalue weighted by molar-refractivity contribution is -0.125. The van der Waals surface area contributed by atoms with Gasteiger partial charge in [-0.25, -0.2) is 9.97 Å². The van der Waals surface area contributed by atoms with Crippen molar-refractivity contribution in [1.82, 2.24) is 25.6 Å². The number of para-hydroxylation sites is 1. The largest absolute Gasteiger partial charge is 0.493 e. The zero-order chi connectivity index (χ0) is 24.2. The molecule has 9 heteroatoms. The molecule has 0 bridgehead atoms. The van der Waals surface area contributed by atoms with E-state index in [4.69, 9.17) is 9.47 Å². The predicted molar refractivity (Wildman–Crippen MR) is 131 cm³/mol. The SMILES string of the molecule is COCC(=O)NC1CCC(NC(=O)c2c[nH]c3c(-c4ccccc4OCC4CC4)ncnc23)CC1. The third-order valence-corrected chi connectivity index (χ3v) is 6.72. The Morgan fingerprint density at radius 3 is 2.51 bits per heavy atom. The Labute approximate surface area is 204 Å². The van der Waals surface area contributed by atoms with Crippen LogP contribution in [0.1, 0.15) is 48.9 Å². The van der Waals surface area contributed by atoms with Crippen LogP contribution >= 0.6 is 0 Å². The molecular formula is C26H31N5O4. The van der Waals surface area contributed by atoms with Gasteiger partial charge in [-0.1, -0.05) is 12.1 Å². The Kier molecular flexibility index (Phi) is 6.94. The number of rotatable bonds is 9. The molecule has 2 aliphatic carbocycles. The van der Waals surface area contributed by atoms with E-state index in [0.29, 0.717) is 34.8 Å². The molecule has 2 aliphatic rings. The van der Waals surface area contributed by atoms with Gasteiger partial charge in [0.25, 0.3) is 5.91 Å². The summed E-state index contributed by atoms with van der Waals surface area (Å²) in [5, 5.41) is 6.12. The van der Waals surface area contributed by atoms with E-state index in [9.17, 15) is 9.59 Å². The lowest BCUT2D eigenvalue weighted by Gasteiger charge is -2.29. The number of hydrogen-bond acceptors (Lipinski definition) is 6. The summed E-state index contributed by atoms with van der Waals surface area (Å²) in [6.07, 6.45) is 8.88. The monoisotopic (exact) mass is 477 g/mol. The minimum Gasteiger partial charge on any atom is -0.493 e. The average molecular weight is 478 g/mol. The Morgan fingerprint density at radius 2 is 1.77 bits per heavy atom. The molecule has 0 aliphatic heterocycles. The Balaban J connectivity index is 1.27. The van der Waals surface area contributed by atoms with Crippen molar-refractivity contribution >= 4 is 22.8 Å². The fourth-order valence-electron chi connectivity index (χ4n) is 4.64. The van der Waals surface area contributed by atoms with Crippen molar-refractivity contribution in [3.63, 3.8) is 0 Å². The van der Waals surface area contributed by atoms with E-state index in [1.54, 1.807) is 6.20 Å². The first-order chi connectivity index (χ1) is 17.1. The molecule has 0 saturated heterocycles. The topological polar surface area (TPSA) is 118 Å². The van der Waals surface area contributed by atoms with Crippen molar-refractivity contribution in [2.24, 2.45) is 5.92 Å². The minimum absolute atomic E-state index is 0.0564. The first-order valence-corrected chi connectivity index (χ1v) is 12.3. The molecular weight excluding hydrogens is 446 g/mol. The fraction of sp³-hybridized carbons (Fsp3) is 0.462. The second kappa shape index (κ2) is 10.4. The highest BCUT2D eigenvalue weighted by Crippen LogP contribution is 2.35. The van der Waals surface area contributed by atoms with Crippen LogP contribution in [0.3, 0.4) is 0 Å². The summed E-state index contributed by atoms with van der Waals surface area (Å²) in [5.41, 5.74) is 3.39. The van der Waals surface area contributed by atoms with Gasteiger partial charge in [-0.05, 0) is 56.6 Å². The summed E-state index contributed by atoms with van der Waals surface area (Å²) in [7, 11) is 1.51. The van der Waals surface area contributed by atoms with E-state index in [1.807, 2.05) is 24.3 Å². The van der Waals surface area contributed by atoms with E-state index in [-0.39, 0.29) is 30.5 Å². The highest BCUT2D eigenvalue weighted by Gasteiger charge is 2.26. The maximum absolute atomic E-state index is 13.1. The maximum Gasteiger partial charge on any atom is 0.255 e. The minimum atomic E-state index is -0.161. The van der Waals surface area contributed by atoms with Crippen LogP contribution < -0.4 is 15.4 Å². The van der Waals surface area contributed by atoms with Crippen LogP contribution in [0.15, 0.2) is 36.8 Å². The first-order valence-electron chi connectivity index (χ1n) is 12.3. The predicted octanol–water partition coefficient (Wildman–Crippen LogP) is 3.22. The quantitative estimate of drug-likeness (QED) is 0.436. The van der Waals surface area contributed by atoms with Crippen molar-refractivity contribution in [1.29, 1.82) is 0 Å². The Bertz CT molecular complexity index is 1200. The standard InChI is InChI=1S/C26H31N5O4/c1-34-14-22(32)30-17-8-10-18(11-9-17)31-26(33)20-12-27-25-23(28-15-29-24(20)25)19-4-2-3-5-21(19)35-13-16-6-7-16/h2-5,12,15-18,27H,6-11,13-14H2,1H3,(H,30,32)(H,31,33). The number of aromatic nitrogens is 3. The van der Waals surface area contributed by atoms with Crippen LogP contribution in [0, 0.1) is 5.92 Å². The molecule has 5 rings (SSSR count). The molecule has 0 atom stereocenters. The molecule has 2 fully saturated rings. The van der Waals surface area contributed by atoms with Crippen LogP contribution in [-0.4, -0.2) is 59.2 Å². The summed E-state index contributed by atoms with van der Waals surface area (Å²) < 4.78 is 11.0. The number of H-pyrrole nitrogens is 1. The molecule has 3 aromatic rings. The molecule has 0 spiro atoms. The van der Waals surface area contributed by atoms with E-state index >= 15 is 0 Å². The number of aromatic amines is 1. The number of benzene rings is 1. The summed E-state index contributed by atoms with van der Waals surface area (Å²) in [4.78, 5) is 37.0. The third kappa shape index (κ3) is 5.45. The summed E-state index contributed by atoms with van der Waals surface area (Å²) >= 11 is 0. The molecule has 2 heterocycles. The van der Waals surface area contributed by atoms with Crippen molar-refractivity contribution in [3.05, 3.63) is 42.4 Å². The second-order valence-corrected chi connectivity index (χ2v) is 9.42. The highest BCUT2D eigenvalue weighted by atomic mass is 16.5. The number of carbonyl (C=O) groups excluding carboxylic acids is 2. The van der Waals surface area contributed by atoms with Gasteiger partial charge in [0.15, 0.2) is 0 Å². The molecule has 0 radical (unpaired) electrons. The van der Waals surface area contributed by atoms with Crippen molar-refractivity contribution in [2.75, 3.05) is 20.3 Å². The summed E-state index contributed by atoms with van der Waals surface area (Å²) in [6.45, 7) is 0.778. The van der Waals surface area contributed by atoms with Gasteiger partial charge >= 0.3 is 0 Å². The summed E-state index contributed by atoms with van der Waals surface area (Å²) in [5.74, 6) is 1.17. The first kappa shape index (κ1) is 23.3. The Morgan fingerprint density at radius 1 is 1.03 bits per heavy atom. The van der Waals surface area contributed by atoms with E-state index in [1.165, 1.54) is 26.3 Å². The van der Waals surface area contributed by atoms with Crippen LogP contribution in [0.4, 0.5) is 0 Å². The molecule has 35 heavy (non-hydrogen) atoms. The summed E-state index contributed by atoms with van der Waals surface area (Å²) in [6, 6.07) is 8.02. The van der Waals surface area contributed by atoms with E-state index in [2.05, 4.69) is 25.6 Å². The third-order valence-electron chi connectivity index (χ3n) is 6.72. The van der Waals surface area contributed by atoms with Gasteiger partial charge in [0.1, 0.15) is 29.9 Å². The molecule has 9 nitrogen and oxygen atoms in total. The maximum atomic E-state index is 13.1. The number of amides is 2. The van der Waals surface area contributed by atoms with Crippen molar-refractivity contribution < 1.29 is 19.1 Å². The van der Waals surface area contributed by atoms with Crippen LogP contribution in [0.2, 0.25) is 0 Å². The van der Waals surface area contributed by atoms with Gasteiger partial charge in [-0.2, -0.15) is 0 Å². The van der Waals surface area contributed by atoms with Crippen LogP contribution in [0.25, 0.3) is 22.3 Å². The van der Waals surface area contributed by atoms with Gasteiger partial charge in [0.05, 0.1) is 17.7 Å². The van der Waals surface area contributed by atoms with Gasteiger partial charge in [-0.15, -0.1) is 0 Å². The second-order valence-electron chi connectivity index (χ2n) is 9.42. The van der Waals surface area contributed by atoms with Crippen LogP contribution in [0.5, 0.6) is 5.75 Å². The number of fused-ring (bicyclic) bond motifs is 1.